The Morgan fingerprint density at radius 2 is 2.11 bits per heavy atom. The molecule has 1 aromatic carbocycles. The number of phenols is 1. The standard InChI is InChI=1S/C12H12ClNO2S.ClH/c1-16-10-5-8(4-9(13)12(10)15)11(14)7-2-3-17-6-7;/h2-6,11,15H,14H2,1H3;1H/t11-;/m1./s1. The van der Waals surface area contributed by atoms with Crippen molar-refractivity contribution in [1.29, 1.82) is 0 Å². The van der Waals surface area contributed by atoms with E-state index in [1.807, 2.05) is 16.8 Å². The highest BCUT2D eigenvalue weighted by Gasteiger charge is 2.15. The van der Waals surface area contributed by atoms with Gasteiger partial charge in [-0.2, -0.15) is 11.3 Å². The Morgan fingerprint density at radius 3 is 2.67 bits per heavy atom. The Balaban J connectivity index is 0.00000162. The lowest BCUT2D eigenvalue weighted by Crippen LogP contribution is -2.11. The monoisotopic (exact) mass is 305 g/mol. The number of halogens is 2. The molecule has 18 heavy (non-hydrogen) atoms. The normalized spacial score (nSPS) is 11.7. The number of nitrogens with two attached hydrogens (primary N) is 1. The summed E-state index contributed by atoms with van der Waals surface area (Å²) in [7, 11) is 1.48. The third-order valence-electron chi connectivity index (χ3n) is 2.53. The van der Waals surface area contributed by atoms with Crippen LogP contribution in [0.15, 0.2) is 29.0 Å². The fourth-order valence-electron chi connectivity index (χ4n) is 1.57. The zero-order valence-corrected chi connectivity index (χ0v) is 12.0. The molecule has 2 aromatic rings. The van der Waals surface area contributed by atoms with Crippen LogP contribution in [-0.2, 0) is 0 Å². The van der Waals surface area contributed by atoms with E-state index in [4.69, 9.17) is 22.1 Å². The molecular weight excluding hydrogens is 293 g/mol. The SMILES string of the molecule is COc1cc([C@H](N)c2ccsc2)cc(Cl)c1O.Cl. The number of methoxy groups -OCH3 is 1. The van der Waals surface area contributed by atoms with Crippen molar-refractivity contribution in [2.45, 2.75) is 6.04 Å². The van der Waals surface area contributed by atoms with Crippen LogP contribution in [0.3, 0.4) is 0 Å². The molecule has 0 amide bonds. The van der Waals surface area contributed by atoms with Crippen LogP contribution < -0.4 is 10.5 Å². The average molecular weight is 306 g/mol. The fourth-order valence-corrected chi connectivity index (χ4v) is 2.49. The van der Waals surface area contributed by atoms with Crippen LogP contribution in [0.2, 0.25) is 5.02 Å². The van der Waals surface area contributed by atoms with Crippen LogP contribution in [-0.4, -0.2) is 12.2 Å². The molecule has 0 fully saturated rings. The largest absolute Gasteiger partial charge is 0.503 e. The molecule has 1 heterocycles. The second kappa shape index (κ2) is 6.29. The van der Waals surface area contributed by atoms with Gasteiger partial charge >= 0.3 is 0 Å². The average Bonchev–Trinajstić information content (AvgIpc) is 2.85. The van der Waals surface area contributed by atoms with Gasteiger partial charge in [-0.25, -0.2) is 0 Å². The first-order chi connectivity index (χ1) is 8.13. The van der Waals surface area contributed by atoms with Gasteiger partial charge in [-0.3, -0.25) is 0 Å². The molecule has 0 radical (unpaired) electrons. The summed E-state index contributed by atoms with van der Waals surface area (Å²) in [5.74, 6) is 0.272. The summed E-state index contributed by atoms with van der Waals surface area (Å²) in [6.45, 7) is 0. The van der Waals surface area contributed by atoms with Gasteiger partial charge in [-0.05, 0) is 40.1 Å². The van der Waals surface area contributed by atoms with Crippen molar-refractivity contribution in [1.82, 2.24) is 0 Å². The molecule has 0 aliphatic rings. The first kappa shape index (κ1) is 15.1. The van der Waals surface area contributed by atoms with Crippen molar-refractivity contribution < 1.29 is 9.84 Å². The molecule has 0 aliphatic heterocycles. The van der Waals surface area contributed by atoms with Crippen molar-refractivity contribution in [3.63, 3.8) is 0 Å². The summed E-state index contributed by atoms with van der Waals surface area (Å²) in [4.78, 5) is 0. The molecule has 2 rings (SSSR count). The Labute approximate surface area is 121 Å². The van der Waals surface area contributed by atoms with Gasteiger partial charge < -0.3 is 15.6 Å². The van der Waals surface area contributed by atoms with Crippen LogP contribution >= 0.6 is 35.3 Å². The Bertz CT molecular complexity index is 517. The summed E-state index contributed by atoms with van der Waals surface area (Å²) in [6.07, 6.45) is 0. The first-order valence-corrected chi connectivity index (χ1v) is 6.29. The van der Waals surface area contributed by atoms with Crippen LogP contribution in [0.1, 0.15) is 17.2 Å². The highest BCUT2D eigenvalue weighted by atomic mass is 35.5. The molecule has 3 nitrogen and oxygen atoms in total. The first-order valence-electron chi connectivity index (χ1n) is 4.97. The number of thiophene rings is 1. The quantitative estimate of drug-likeness (QED) is 0.911. The van der Waals surface area contributed by atoms with Crippen molar-refractivity contribution in [2.75, 3.05) is 7.11 Å². The van der Waals surface area contributed by atoms with E-state index in [0.717, 1.165) is 11.1 Å². The molecule has 1 atom stereocenters. The number of phenolic OH excluding ortho intramolecular Hbond substituents is 1. The number of rotatable bonds is 3. The van der Waals surface area contributed by atoms with Gasteiger partial charge in [0.15, 0.2) is 11.5 Å². The number of aromatic hydroxyl groups is 1. The molecule has 0 aliphatic carbocycles. The van der Waals surface area contributed by atoms with E-state index in [2.05, 4.69) is 0 Å². The molecule has 0 unspecified atom stereocenters. The van der Waals surface area contributed by atoms with Crippen LogP contribution in [0.5, 0.6) is 11.5 Å². The van der Waals surface area contributed by atoms with E-state index < -0.39 is 0 Å². The molecule has 0 spiro atoms. The molecule has 0 saturated carbocycles. The molecule has 3 N–H and O–H groups in total. The van der Waals surface area contributed by atoms with Gasteiger partial charge in [0.2, 0.25) is 0 Å². The Kier molecular flexibility index (Phi) is 5.28. The highest BCUT2D eigenvalue weighted by Crippen LogP contribution is 2.37. The number of benzene rings is 1. The van der Waals surface area contributed by atoms with E-state index in [1.54, 1.807) is 23.5 Å². The second-order valence-corrected chi connectivity index (χ2v) is 4.78. The molecule has 1 aromatic heterocycles. The smallest absolute Gasteiger partial charge is 0.176 e. The van der Waals surface area contributed by atoms with E-state index in [1.165, 1.54) is 7.11 Å². The minimum absolute atomic E-state index is 0. The molecule has 0 saturated heterocycles. The molecule has 6 heteroatoms. The van der Waals surface area contributed by atoms with E-state index >= 15 is 0 Å². The van der Waals surface area contributed by atoms with E-state index in [9.17, 15) is 5.11 Å². The fraction of sp³-hybridized carbons (Fsp3) is 0.167. The van der Waals surface area contributed by atoms with Crippen LogP contribution in [0.25, 0.3) is 0 Å². The van der Waals surface area contributed by atoms with Crippen LogP contribution in [0, 0.1) is 0 Å². The highest BCUT2D eigenvalue weighted by molar-refractivity contribution is 7.08. The summed E-state index contributed by atoms with van der Waals surface area (Å²) in [5.41, 5.74) is 7.94. The van der Waals surface area contributed by atoms with Crippen molar-refractivity contribution in [2.24, 2.45) is 5.73 Å². The van der Waals surface area contributed by atoms with Crippen molar-refractivity contribution >= 4 is 35.3 Å². The lowest BCUT2D eigenvalue weighted by molar-refractivity contribution is 0.373. The Morgan fingerprint density at radius 1 is 1.39 bits per heavy atom. The topological polar surface area (TPSA) is 55.5 Å². The maximum atomic E-state index is 9.64. The van der Waals surface area contributed by atoms with E-state index in [0.29, 0.717) is 5.75 Å². The van der Waals surface area contributed by atoms with Gasteiger partial charge in [0, 0.05) is 0 Å². The lowest BCUT2D eigenvalue weighted by Gasteiger charge is -2.13. The minimum Gasteiger partial charge on any atom is -0.503 e. The predicted octanol–water partition coefficient (Wildman–Crippen LogP) is 3.59. The van der Waals surface area contributed by atoms with Crippen molar-refractivity contribution in [3.05, 3.63) is 45.1 Å². The van der Waals surface area contributed by atoms with Gasteiger partial charge in [0.1, 0.15) is 0 Å². The lowest BCUT2D eigenvalue weighted by atomic mass is 10.0. The maximum absolute atomic E-state index is 9.64. The van der Waals surface area contributed by atoms with Crippen LogP contribution in [0.4, 0.5) is 0 Å². The summed E-state index contributed by atoms with van der Waals surface area (Å²) < 4.78 is 5.05. The third-order valence-corrected chi connectivity index (χ3v) is 3.52. The zero-order valence-electron chi connectivity index (χ0n) is 9.59. The Hall–Kier alpha value is -0.940. The van der Waals surface area contributed by atoms with Gasteiger partial charge in [-0.1, -0.05) is 11.6 Å². The predicted molar refractivity (Wildman–Crippen MR) is 77.3 cm³/mol. The molecular formula is C12H13Cl2NO2S. The molecule has 0 bridgehead atoms. The maximum Gasteiger partial charge on any atom is 0.176 e. The summed E-state index contributed by atoms with van der Waals surface area (Å²) in [5, 5.41) is 13.8. The van der Waals surface area contributed by atoms with E-state index in [-0.39, 0.29) is 29.2 Å². The number of ether oxygens (including phenoxy) is 1. The summed E-state index contributed by atoms with van der Waals surface area (Å²) >= 11 is 7.51. The third kappa shape index (κ3) is 2.90. The molecule has 98 valence electrons. The minimum atomic E-state index is -0.270. The summed E-state index contributed by atoms with van der Waals surface area (Å²) in [6, 6.07) is 5.04. The van der Waals surface area contributed by atoms with Gasteiger partial charge in [-0.15, -0.1) is 12.4 Å². The zero-order chi connectivity index (χ0) is 12.4. The van der Waals surface area contributed by atoms with Crippen molar-refractivity contribution in [3.8, 4) is 11.5 Å². The number of hydrogen-bond donors (Lipinski definition) is 2. The number of hydrogen-bond acceptors (Lipinski definition) is 4. The van der Waals surface area contributed by atoms with Gasteiger partial charge in [0.25, 0.3) is 0 Å². The second-order valence-electron chi connectivity index (χ2n) is 3.59. The van der Waals surface area contributed by atoms with Gasteiger partial charge in [0.05, 0.1) is 18.2 Å².